The van der Waals surface area contributed by atoms with Crippen LogP contribution in [0.15, 0.2) is 17.1 Å². The zero-order chi connectivity index (χ0) is 18.4. The number of aryl methyl sites for hydroxylation is 1. The third-order valence-electron chi connectivity index (χ3n) is 5.59. The number of aromatic nitrogens is 1. The van der Waals surface area contributed by atoms with Crippen molar-refractivity contribution in [2.45, 2.75) is 45.6 Å². The van der Waals surface area contributed by atoms with Crippen molar-refractivity contribution < 1.29 is 4.79 Å². The summed E-state index contributed by atoms with van der Waals surface area (Å²) in [6.45, 7) is 8.51. The van der Waals surface area contributed by atoms with Crippen molar-refractivity contribution in [3.63, 3.8) is 0 Å². The van der Waals surface area contributed by atoms with Gasteiger partial charge in [0.2, 0.25) is 0 Å². The molecule has 144 valence electrons. The summed E-state index contributed by atoms with van der Waals surface area (Å²) in [5, 5.41) is 6.33. The number of amides is 1. The molecule has 2 aliphatic heterocycles. The van der Waals surface area contributed by atoms with Gasteiger partial charge < -0.3 is 20.1 Å². The van der Waals surface area contributed by atoms with E-state index in [1.807, 2.05) is 19.2 Å². The highest BCUT2D eigenvalue weighted by Gasteiger charge is 2.19. The number of nitrogens with zero attached hydrogens (tertiary/aromatic N) is 2. The lowest BCUT2D eigenvalue weighted by Gasteiger charge is -2.23. The maximum atomic E-state index is 12.8. The van der Waals surface area contributed by atoms with Gasteiger partial charge in [0.15, 0.2) is 0 Å². The Hall–Kier alpha value is -1.66. The fraction of sp³-hybridized carbons (Fsp3) is 0.700. The van der Waals surface area contributed by atoms with Crippen LogP contribution >= 0.6 is 0 Å². The first-order chi connectivity index (χ1) is 12.6. The molecule has 0 spiro atoms. The number of carbonyl (C=O) groups is 1. The second-order valence-corrected chi connectivity index (χ2v) is 7.70. The molecule has 2 N–H and O–H groups in total. The zero-order valence-electron chi connectivity index (χ0n) is 15.9. The highest BCUT2D eigenvalue weighted by molar-refractivity contribution is 5.95. The van der Waals surface area contributed by atoms with Crippen LogP contribution in [-0.2, 0) is 6.54 Å². The molecular weight excluding hydrogens is 328 g/mol. The minimum absolute atomic E-state index is 0.160. The number of nitrogens with one attached hydrogen (secondary N) is 2. The Kier molecular flexibility index (Phi) is 6.86. The maximum absolute atomic E-state index is 12.8. The van der Waals surface area contributed by atoms with Crippen molar-refractivity contribution in [2.75, 3.05) is 39.3 Å². The fourth-order valence-corrected chi connectivity index (χ4v) is 4.04. The van der Waals surface area contributed by atoms with Crippen molar-refractivity contribution in [2.24, 2.45) is 5.92 Å². The van der Waals surface area contributed by atoms with E-state index >= 15 is 0 Å². The van der Waals surface area contributed by atoms with Gasteiger partial charge in [-0.3, -0.25) is 9.59 Å². The van der Waals surface area contributed by atoms with Crippen molar-refractivity contribution in [3.8, 4) is 0 Å². The molecule has 0 aromatic carbocycles. The molecule has 3 heterocycles. The molecule has 2 aliphatic rings. The summed E-state index contributed by atoms with van der Waals surface area (Å²) in [5.41, 5.74) is 0.898. The van der Waals surface area contributed by atoms with Crippen LogP contribution in [0.1, 0.15) is 48.0 Å². The van der Waals surface area contributed by atoms with Gasteiger partial charge in [0.1, 0.15) is 5.56 Å². The molecule has 0 radical (unpaired) electrons. The van der Waals surface area contributed by atoms with Crippen LogP contribution in [0.2, 0.25) is 0 Å². The molecule has 26 heavy (non-hydrogen) atoms. The molecule has 1 aromatic heterocycles. The minimum Gasteiger partial charge on any atom is -0.352 e. The first kappa shape index (κ1) is 19.1. The summed E-state index contributed by atoms with van der Waals surface area (Å²) in [6.07, 6.45) is 7.61. The second-order valence-electron chi connectivity index (χ2n) is 7.70. The SMILES string of the molecule is Cc1ccn(CC2CCCNC2)c(=O)c1C(=O)NCCCN1CCCC1. The molecular formula is C20H32N4O2. The first-order valence-corrected chi connectivity index (χ1v) is 10.1. The number of hydrogen-bond donors (Lipinski definition) is 2. The quantitative estimate of drug-likeness (QED) is 0.721. The Bertz CT molecular complexity index is 658. The van der Waals surface area contributed by atoms with Crippen LogP contribution < -0.4 is 16.2 Å². The van der Waals surface area contributed by atoms with Crippen LogP contribution in [0.5, 0.6) is 0 Å². The van der Waals surface area contributed by atoms with Crippen LogP contribution in [0.25, 0.3) is 0 Å². The molecule has 2 fully saturated rings. The molecule has 1 aromatic rings. The van der Waals surface area contributed by atoms with E-state index in [-0.39, 0.29) is 11.5 Å². The maximum Gasteiger partial charge on any atom is 0.263 e. The summed E-state index contributed by atoms with van der Waals surface area (Å²) in [6, 6.07) is 1.89. The van der Waals surface area contributed by atoms with Gasteiger partial charge in [0.05, 0.1) is 0 Å². The Morgan fingerprint density at radius 1 is 1.31 bits per heavy atom. The van der Waals surface area contributed by atoms with E-state index in [9.17, 15) is 9.59 Å². The molecule has 6 nitrogen and oxygen atoms in total. The largest absolute Gasteiger partial charge is 0.352 e. The van der Waals surface area contributed by atoms with Gasteiger partial charge in [-0.2, -0.15) is 0 Å². The lowest BCUT2D eigenvalue weighted by molar-refractivity contribution is 0.0949. The van der Waals surface area contributed by atoms with Gasteiger partial charge in [0, 0.05) is 19.3 Å². The van der Waals surface area contributed by atoms with E-state index in [0.717, 1.165) is 44.5 Å². The Balaban J connectivity index is 1.57. The summed E-state index contributed by atoms with van der Waals surface area (Å²) in [4.78, 5) is 27.8. The van der Waals surface area contributed by atoms with Crippen LogP contribution in [-0.4, -0.2) is 54.6 Å². The van der Waals surface area contributed by atoms with E-state index in [2.05, 4.69) is 15.5 Å². The van der Waals surface area contributed by atoms with Gasteiger partial charge in [-0.15, -0.1) is 0 Å². The molecule has 2 saturated heterocycles. The number of likely N-dealkylation sites (tertiary alicyclic amines) is 1. The van der Waals surface area contributed by atoms with Gasteiger partial charge >= 0.3 is 0 Å². The lowest BCUT2D eigenvalue weighted by Crippen LogP contribution is -2.38. The number of piperidine rings is 1. The van der Waals surface area contributed by atoms with E-state index in [1.165, 1.54) is 25.9 Å². The van der Waals surface area contributed by atoms with Gasteiger partial charge in [0.25, 0.3) is 11.5 Å². The Morgan fingerprint density at radius 2 is 2.12 bits per heavy atom. The monoisotopic (exact) mass is 360 g/mol. The topological polar surface area (TPSA) is 66.4 Å². The standard InChI is InChI=1S/C20H32N4O2/c1-16-7-13-24(15-17-6-4-8-21-14-17)20(26)18(16)19(25)22-9-5-12-23-10-2-3-11-23/h7,13,17,21H,2-6,8-12,14-15H2,1H3,(H,22,25). The van der Waals surface area contributed by atoms with Gasteiger partial charge in [-0.25, -0.2) is 0 Å². The summed E-state index contributed by atoms with van der Waals surface area (Å²) >= 11 is 0. The Labute approximate surface area is 156 Å². The van der Waals surface area contributed by atoms with Gasteiger partial charge in [-0.1, -0.05) is 0 Å². The van der Waals surface area contributed by atoms with E-state index < -0.39 is 0 Å². The predicted molar refractivity (Wildman–Crippen MR) is 104 cm³/mol. The summed E-state index contributed by atoms with van der Waals surface area (Å²) in [7, 11) is 0. The predicted octanol–water partition coefficient (Wildman–Crippen LogP) is 1.37. The third kappa shape index (κ3) is 4.95. The average Bonchev–Trinajstić information content (AvgIpc) is 3.16. The smallest absolute Gasteiger partial charge is 0.263 e. The molecule has 0 saturated carbocycles. The highest BCUT2D eigenvalue weighted by atomic mass is 16.2. The van der Waals surface area contributed by atoms with Crippen molar-refractivity contribution in [1.29, 1.82) is 0 Å². The molecule has 6 heteroatoms. The molecule has 0 aliphatic carbocycles. The van der Waals surface area contributed by atoms with Crippen molar-refractivity contribution >= 4 is 5.91 Å². The summed E-state index contributed by atoms with van der Waals surface area (Å²) < 4.78 is 1.71. The zero-order valence-corrected chi connectivity index (χ0v) is 15.9. The molecule has 0 bridgehead atoms. The Morgan fingerprint density at radius 3 is 2.85 bits per heavy atom. The van der Waals surface area contributed by atoms with Gasteiger partial charge in [-0.05, 0) is 89.3 Å². The number of pyridine rings is 1. The van der Waals surface area contributed by atoms with Crippen LogP contribution in [0.4, 0.5) is 0 Å². The molecule has 3 rings (SSSR count). The lowest BCUT2D eigenvalue weighted by atomic mass is 9.99. The van der Waals surface area contributed by atoms with Crippen molar-refractivity contribution in [1.82, 2.24) is 20.1 Å². The number of rotatable bonds is 7. The first-order valence-electron chi connectivity index (χ1n) is 10.1. The number of carbonyl (C=O) groups excluding carboxylic acids is 1. The van der Waals surface area contributed by atoms with Crippen LogP contribution in [0.3, 0.4) is 0 Å². The normalized spacial score (nSPS) is 21.0. The average molecular weight is 361 g/mol. The molecule has 1 atom stereocenters. The highest BCUT2D eigenvalue weighted by Crippen LogP contribution is 2.12. The van der Waals surface area contributed by atoms with Crippen molar-refractivity contribution in [3.05, 3.63) is 33.7 Å². The van der Waals surface area contributed by atoms with E-state index in [4.69, 9.17) is 0 Å². The molecule has 1 amide bonds. The minimum atomic E-state index is -0.231. The van der Waals surface area contributed by atoms with Crippen LogP contribution in [0, 0.1) is 12.8 Å². The summed E-state index contributed by atoms with van der Waals surface area (Å²) in [5.74, 6) is 0.227. The third-order valence-corrected chi connectivity index (χ3v) is 5.59. The van der Waals surface area contributed by atoms with E-state index in [0.29, 0.717) is 24.6 Å². The number of hydrogen-bond acceptors (Lipinski definition) is 4. The molecule has 1 unspecified atom stereocenters. The fourth-order valence-electron chi connectivity index (χ4n) is 4.04. The van der Waals surface area contributed by atoms with E-state index in [1.54, 1.807) is 4.57 Å². The second kappa shape index (κ2) is 9.33.